The van der Waals surface area contributed by atoms with Crippen molar-refractivity contribution in [2.24, 2.45) is 5.41 Å². The van der Waals surface area contributed by atoms with Crippen LogP contribution in [0.4, 0.5) is 0 Å². The molecule has 0 bridgehead atoms. The Morgan fingerprint density at radius 3 is 2.42 bits per heavy atom. The standard InChI is InChI=1S/C14H19NO4/c1-13(2,12(17)18)14(3,4)15-11(16)8-7-10-6-5-9-19-10/h5-9H,1-4H3,(H,15,16)(H,17,18)/b8-7+. The average Bonchev–Trinajstić information content (AvgIpc) is 2.78. The summed E-state index contributed by atoms with van der Waals surface area (Å²) >= 11 is 0. The number of carbonyl (C=O) groups excluding carboxylic acids is 1. The number of aliphatic carboxylic acids is 1. The molecule has 5 nitrogen and oxygen atoms in total. The summed E-state index contributed by atoms with van der Waals surface area (Å²) in [5, 5.41) is 11.9. The lowest BCUT2D eigenvalue weighted by molar-refractivity contribution is -0.151. The summed E-state index contributed by atoms with van der Waals surface area (Å²) in [6.07, 6.45) is 4.35. The van der Waals surface area contributed by atoms with E-state index in [9.17, 15) is 14.7 Å². The molecule has 0 aliphatic heterocycles. The molecule has 0 spiro atoms. The maximum absolute atomic E-state index is 11.8. The van der Waals surface area contributed by atoms with Gasteiger partial charge in [0, 0.05) is 6.08 Å². The van der Waals surface area contributed by atoms with Gasteiger partial charge in [0.05, 0.1) is 17.2 Å². The van der Waals surface area contributed by atoms with Crippen LogP contribution >= 0.6 is 0 Å². The van der Waals surface area contributed by atoms with E-state index in [2.05, 4.69) is 5.32 Å². The lowest BCUT2D eigenvalue weighted by Gasteiger charge is -2.38. The van der Waals surface area contributed by atoms with E-state index in [0.29, 0.717) is 5.76 Å². The van der Waals surface area contributed by atoms with Gasteiger partial charge in [0.2, 0.25) is 5.91 Å². The summed E-state index contributed by atoms with van der Waals surface area (Å²) in [5.41, 5.74) is -1.97. The van der Waals surface area contributed by atoms with Crippen LogP contribution in [0.25, 0.3) is 6.08 Å². The first-order valence-electron chi connectivity index (χ1n) is 5.94. The lowest BCUT2D eigenvalue weighted by atomic mass is 9.74. The van der Waals surface area contributed by atoms with Crippen LogP contribution in [0, 0.1) is 5.41 Å². The Hall–Kier alpha value is -2.04. The fourth-order valence-electron chi connectivity index (χ4n) is 1.32. The van der Waals surface area contributed by atoms with E-state index in [1.54, 1.807) is 39.8 Å². The Bertz CT molecular complexity index is 484. The van der Waals surface area contributed by atoms with E-state index >= 15 is 0 Å². The first-order chi connectivity index (χ1) is 8.67. The molecule has 0 atom stereocenters. The molecule has 5 heteroatoms. The Labute approximate surface area is 112 Å². The van der Waals surface area contributed by atoms with Crippen molar-refractivity contribution in [3.63, 3.8) is 0 Å². The van der Waals surface area contributed by atoms with Gasteiger partial charge in [-0.1, -0.05) is 0 Å². The molecule has 0 unspecified atom stereocenters. The normalized spacial score (nSPS) is 12.6. The molecule has 0 saturated carbocycles. The van der Waals surface area contributed by atoms with Crippen molar-refractivity contribution in [3.05, 3.63) is 30.2 Å². The number of hydrogen-bond donors (Lipinski definition) is 2. The molecule has 0 aliphatic carbocycles. The van der Waals surface area contributed by atoms with E-state index in [4.69, 9.17) is 4.42 Å². The first-order valence-corrected chi connectivity index (χ1v) is 5.94. The summed E-state index contributed by atoms with van der Waals surface area (Å²) < 4.78 is 5.06. The Morgan fingerprint density at radius 1 is 1.32 bits per heavy atom. The first kappa shape index (κ1) is 15.0. The number of furan rings is 1. The summed E-state index contributed by atoms with van der Waals surface area (Å²) in [4.78, 5) is 23.0. The Kier molecular flexibility index (Phi) is 4.19. The fourth-order valence-corrected chi connectivity index (χ4v) is 1.32. The number of carboxylic acid groups (broad SMARTS) is 1. The molecule has 0 radical (unpaired) electrons. The smallest absolute Gasteiger partial charge is 0.311 e. The maximum Gasteiger partial charge on any atom is 0.311 e. The van der Waals surface area contributed by atoms with Crippen LogP contribution in [0.1, 0.15) is 33.5 Å². The predicted molar refractivity (Wildman–Crippen MR) is 71.4 cm³/mol. The molecule has 0 aromatic carbocycles. The minimum absolute atomic E-state index is 0.365. The number of carboxylic acids is 1. The third kappa shape index (κ3) is 3.47. The minimum Gasteiger partial charge on any atom is -0.481 e. The second kappa shape index (κ2) is 5.30. The lowest BCUT2D eigenvalue weighted by Crippen LogP contribution is -2.56. The molecule has 2 N–H and O–H groups in total. The molecular weight excluding hydrogens is 246 g/mol. The molecule has 19 heavy (non-hydrogen) atoms. The second-order valence-corrected chi connectivity index (χ2v) is 5.39. The van der Waals surface area contributed by atoms with Crippen LogP contribution in [-0.2, 0) is 9.59 Å². The van der Waals surface area contributed by atoms with Crippen LogP contribution in [0.2, 0.25) is 0 Å². The summed E-state index contributed by atoms with van der Waals surface area (Å²) in [5.74, 6) is -0.769. The van der Waals surface area contributed by atoms with Crippen LogP contribution in [0.15, 0.2) is 28.9 Å². The Morgan fingerprint density at radius 2 is 1.95 bits per heavy atom. The number of rotatable bonds is 5. The third-order valence-corrected chi connectivity index (χ3v) is 3.48. The monoisotopic (exact) mass is 265 g/mol. The van der Waals surface area contributed by atoms with E-state index < -0.39 is 16.9 Å². The number of nitrogens with one attached hydrogen (secondary N) is 1. The fraction of sp³-hybridized carbons (Fsp3) is 0.429. The molecule has 104 valence electrons. The zero-order valence-corrected chi connectivity index (χ0v) is 11.6. The van der Waals surface area contributed by atoms with Crippen LogP contribution in [0.5, 0.6) is 0 Å². The quantitative estimate of drug-likeness (QED) is 0.800. The second-order valence-electron chi connectivity index (χ2n) is 5.39. The van der Waals surface area contributed by atoms with E-state index in [0.717, 1.165) is 0 Å². The molecule has 0 fully saturated rings. The van der Waals surface area contributed by atoms with Crippen molar-refractivity contribution in [2.45, 2.75) is 33.2 Å². The van der Waals surface area contributed by atoms with Gasteiger partial charge in [0.1, 0.15) is 5.76 Å². The SMILES string of the molecule is CC(C)(NC(=O)/C=C/c1ccco1)C(C)(C)C(=O)O. The highest BCUT2D eigenvalue weighted by molar-refractivity contribution is 5.92. The Balaban J connectivity index is 2.73. The van der Waals surface area contributed by atoms with Crippen molar-refractivity contribution in [2.75, 3.05) is 0 Å². The highest BCUT2D eigenvalue weighted by atomic mass is 16.4. The van der Waals surface area contributed by atoms with Gasteiger partial charge in [-0.25, -0.2) is 0 Å². The van der Waals surface area contributed by atoms with Crippen molar-refractivity contribution < 1.29 is 19.1 Å². The number of hydrogen-bond acceptors (Lipinski definition) is 3. The molecular formula is C14H19NO4. The van der Waals surface area contributed by atoms with Gasteiger partial charge in [-0.3, -0.25) is 9.59 Å². The van der Waals surface area contributed by atoms with Gasteiger partial charge in [0.25, 0.3) is 0 Å². The van der Waals surface area contributed by atoms with Crippen molar-refractivity contribution >= 4 is 18.0 Å². The number of amides is 1. The summed E-state index contributed by atoms with van der Waals surface area (Å²) in [6.45, 7) is 6.51. The van der Waals surface area contributed by atoms with E-state index in [1.807, 2.05) is 0 Å². The van der Waals surface area contributed by atoms with E-state index in [-0.39, 0.29) is 5.91 Å². The highest BCUT2D eigenvalue weighted by Crippen LogP contribution is 2.30. The van der Waals surface area contributed by atoms with Crippen LogP contribution < -0.4 is 5.32 Å². The zero-order valence-electron chi connectivity index (χ0n) is 11.6. The van der Waals surface area contributed by atoms with Crippen molar-refractivity contribution in [1.82, 2.24) is 5.32 Å². The third-order valence-electron chi connectivity index (χ3n) is 3.48. The minimum atomic E-state index is -1.08. The van der Waals surface area contributed by atoms with Crippen LogP contribution in [-0.4, -0.2) is 22.5 Å². The van der Waals surface area contributed by atoms with Crippen LogP contribution in [0.3, 0.4) is 0 Å². The predicted octanol–water partition coefficient (Wildman–Crippen LogP) is 2.30. The molecule has 1 rings (SSSR count). The molecule has 1 amide bonds. The van der Waals surface area contributed by atoms with Gasteiger partial charge in [-0.2, -0.15) is 0 Å². The molecule has 1 aromatic heterocycles. The molecule has 0 aliphatic rings. The highest BCUT2D eigenvalue weighted by Gasteiger charge is 2.44. The molecule has 0 saturated heterocycles. The van der Waals surface area contributed by atoms with Gasteiger partial charge in [0.15, 0.2) is 0 Å². The maximum atomic E-state index is 11.8. The molecule has 1 heterocycles. The van der Waals surface area contributed by atoms with E-state index in [1.165, 1.54) is 18.4 Å². The number of carbonyl (C=O) groups is 2. The summed E-state index contributed by atoms with van der Waals surface area (Å²) in [7, 11) is 0. The summed E-state index contributed by atoms with van der Waals surface area (Å²) in [6, 6.07) is 3.44. The molecule has 1 aromatic rings. The van der Waals surface area contributed by atoms with Crippen molar-refractivity contribution in [3.8, 4) is 0 Å². The topological polar surface area (TPSA) is 79.5 Å². The average molecular weight is 265 g/mol. The van der Waals surface area contributed by atoms with Gasteiger partial charge in [-0.15, -0.1) is 0 Å². The zero-order chi connectivity index (χ0) is 14.7. The van der Waals surface area contributed by atoms with Gasteiger partial charge >= 0.3 is 5.97 Å². The van der Waals surface area contributed by atoms with Gasteiger partial charge < -0.3 is 14.8 Å². The van der Waals surface area contributed by atoms with Crippen molar-refractivity contribution in [1.29, 1.82) is 0 Å². The van der Waals surface area contributed by atoms with Gasteiger partial charge in [-0.05, 0) is 45.9 Å². The largest absolute Gasteiger partial charge is 0.481 e.